The molecule has 1 saturated heterocycles. The van der Waals surface area contributed by atoms with E-state index in [0.717, 1.165) is 52.4 Å². The number of piperidine rings is 1. The molecule has 5 rings (SSSR count). The SMILES string of the molecule is Cc1cc(-c2[nH]c3cc(C(O)N4C[C@@H](N)CC(C)(C)C4)sc3c2C(C)C)cn2ncnc12. The molecule has 8 heteroatoms. The van der Waals surface area contributed by atoms with Crippen molar-refractivity contribution in [1.82, 2.24) is 24.5 Å². The number of nitrogens with one attached hydrogen (secondary N) is 1. The topological polar surface area (TPSA) is 95.5 Å². The van der Waals surface area contributed by atoms with Gasteiger partial charge in [0.25, 0.3) is 0 Å². The van der Waals surface area contributed by atoms with E-state index in [0.29, 0.717) is 5.92 Å². The number of hydrogen-bond acceptors (Lipinski definition) is 6. The lowest BCUT2D eigenvalue weighted by atomic mass is 9.82. The predicted octanol–water partition coefficient (Wildman–Crippen LogP) is 4.42. The lowest BCUT2D eigenvalue weighted by Gasteiger charge is -2.43. The van der Waals surface area contributed by atoms with Gasteiger partial charge in [0, 0.05) is 30.9 Å². The molecule has 0 aromatic carbocycles. The minimum Gasteiger partial charge on any atom is -0.373 e. The minimum absolute atomic E-state index is 0.0889. The van der Waals surface area contributed by atoms with Crippen LogP contribution in [0.2, 0.25) is 0 Å². The number of rotatable bonds is 4. The maximum atomic E-state index is 11.2. The van der Waals surface area contributed by atoms with E-state index in [1.54, 1.807) is 17.7 Å². The van der Waals surface area contributed by atoms with Crippen LogP contribution < -0.4 is 5.73 Å². The summed E-state index contributed by atoms with van der Waals surface area (Å²) < 4.78 is 3.04. The van der Waals surface area contributed by atoms with Crippen LogP contribution in [0.5, 0.6) is 0 Å². The zero-order chi connectivity index (χ0) is 22.8. The van der Waals surface area contributed by atoms with Gasteiger partial charge in [0.05, 0.1) is 20.8 Å². The van der Waals surface area contributed by atoms with Crippen molar-refractivity contribution < 1.29 is 5.11 Å². The second-order valence-electron chi connectivity index (χ2n) is 10.3. The average molecular weight is 453 g/mol. The molecule has 7 nitrogen and oxygen atoms in total. The Morgan fingerprint density at radius 3 is 2.81 bits per heavy atom. The Balaban J connectivity index is 1.55. The fourth-order valence-electron chi connectivity index (χ4n) is 5.28. The molecule has 4 aromatic rings. The smallest absolute Gasteiger partial charge is 0.158 e. The van der Waals surface area contributed by atoms with Crippen molar-refractivity contribution in [3.63, 3.8) is 0 Å². The van der Waals surface area contributed by atoms with Crippen LogP contribution in [-0.4, -0.2) is 48.7 Å². The Bertz CT molecular complexity index is 1280. The molecule has 4 N–H and O–H groups in total. The first-order chi connectivity index (χ1) is 15.1. The first kappa shape index (κ1) is 21.6. The van der Waals surface area contributed by atoms with Crippen molar-refractivity contribution in [2.75, 3.05) is 13.1 Å². The van der Waals surface area contributed by atoms with Crippen LogP contribution in [0.3, 0.4) is 0 Å². The van der Waals surface area contributed by atoms with Gasteiger partial charge in [0.2, 0.25) is 0 Å². The number of aryl methyl sites for hydroxylation is 1. The maximum absolute atomic E-state index is 11.2. The van der Waals surface area contributed by atoms with Gasteiger partial charge < -0.3 is 15.8 Å². The van der Waals surface area contributed by atoms with Crippen molar-refractivity contribution in [2.45, 2.75) is 59.2 Å². The summed E-state index contributed by atoms with van der Waals surface area (Å²) in [4.78, 5) is 11.1. The van der Waals surface area contributed by atoms with Crippen molar-refractivity contribution in [3.8, 4) is 11.3 Å². The van der Waals surface area contributed by atoms with Crippen molar-refractivity contribution >= 4 is 27.2 Å². The van der Waals surface area contributed by atoms with Gasteiger partial charge >= 0.3 is 0 Å². The Hall–Kier alpha value is -2.26. The van der Waals surface area contributed by atoms with Gasteiger partial charge in [-0.15, -0.1) is 11.3 Å². The summed E-state index contributed by atoms with van der Waals surface area (Å²) >= 11 is 1.68. The quantitative estimate of drug-likeness (QED) is 0.426. The zero-order valence-corrected chi connectivity index (χ0v) is 20.2. The van der Waals surface area contributed by atoms with Gasteiger partial charge in [-0.3, -0.25) is 4.90 Å². The lowest BCUT2D eigenvalue weighted by Crippen LogP contribution is -2.51. The number of aromatic nitrogens is 4. The van der Waals surface area contributed by atoms with Crippen LogP contribution >= 0.6 is 11.3 Å². The highest BCUT2D eigenvalue weighted by Crippen LogP contribution is 2.43. The largest absolute Gasteiger partial charge is 0.373 e. The lowest BCUT2D eigenvalue weighted by molar-refractivity contribution is -0.0443. The number of pyridine rings is 1. The number of aliphatic hydroxyl groups is 1. The van der Waals surface area contributed by atoms with E-state index in [2.05, 4.69) is 66.7 Å². The summed E-state index contributed by atoms with van der Waals surface area (Å²) in [5.41, 5.74) is 12.9. The predicted molar refractivity (Wildman–Crippen MR) is 130 cm³/mol. The van der Waals surface area contributed by atoms with E-state index in [4.69, 9.17) is 5.73 Å². The Kier molecular flexibility index (Phi) is 5.16. The monoisotopic (exact) mass is 452 g/mol. The number of aliphatic hydroxyl groups excluding tert-OH is 1. The summed E-state index contributed by atoms with van der Waals surface area (Å²) in [7, 11) is 0. The Morgan fingerprint density at radius 1 is 1.31 bits per heavy atom. The first-order valence-electron chi connectivity index (χ1n) is 11.3. The first-order valence-corrected chi connectivity index (χ1v) is 12.1. The van der Waals surface area contributed by atoms with E-state index in [1.165, 1.54) is 10.3 Å². The molecule has 4 aromatic heterocycles. The van der Waals surface area contributed by atoms with Gasteiger partial charge in [-0.2, -0.15) is 5.10 Å². The van der Waals surface area contributed by atoms with Crippen LogP contribution in [0.1, 0.15) is 62.3 Å². The summed E-state index contributed by atoms with van der Waals surface area (Å²) in [6, 6.07) is 4.36. The van der Waals surface area contributed by atoms with Crippen molar-refractivity contribution in [3.05, 3.63) is 40.7 Å². The van der Waals surface area contributed by atoms with Crippen molar-refractivity contribution in [1.29, 1.82) is 0 Å². The summed E-state index contributed by atoms with van der Waals surface area (Å²) in [6.07, 6.45) is 3.97. The standard InChI is InChI=1S/C24H32N6OS/c1-13(2)19-20(15-6-14(3)22-26-12-27-30(22)9-15)28-17-7-18(32-21(17)19)23(31)29-10-16(25)8-24(4,5)11-29/h6-7,9,12-13,16,23,28,31H,8,10-11,25H2,1-5H3/t16-,23?/m0/s1. The number of aromatic amines is 1. The summed E-state index contributed by atoms with van der Waals surface area (Å²) in [5.74, 6) is 0.330. The van der Waals surface area contributed by atoms with E-state index in [9.17, 15) is 5.11 Å². The molecule has 0 bridgehead atoms. The van der Waals surface area contributed by atoms with Crippen molar-refractivity contribution in [2.24, 2.45) is 11.1 Å². The molecule has 2 atom stereocenters. The van der Waals surface area contributed by atoms with E-state index in [-0.39, 0.29) is 11.5 Å². The third-order valence-electron chi connectivity index (χ3n) is 6.47. The van der Waals surface area contributed by atoms with Gasteiger partial charge in [-0.05, 0) is 47.9 Å². The number of likely N-dealkylation sites (tertiary alicyclic amines) is 1. The second kappa shape index (κ2) is 7.66. The third-order valence-corrected chi connectivity index (χ3v) is 7.67. The Morgan fingerprint density at radius 2 is 2.09 bits per heavy atom. The number of nitrogens with zero attached hydrogens (tertiary/aromatic N) is 4. The molecule has 1 aliphatic heterocycles. The molecule has 1 aliphatic rings. The number of fused-ring (bicyclic) bond motifs is 2. The molecule has 0 amide bonds. The molecule has 32 heavy (non-hydrogen) atoms. The van der Waals surface area contributed by atoms with Crippen LogP contribution in [0, 0.1) is 12.3 Å². The van der Waals surface area contributed by atoms with Crippen LogP contribution in [0.4, 0.5) is 0 Å². The molecule has 1 fully saturated rings. The number of thiophene rings is 1. The highest BCUT2D eigenvalue weighted by Gasteiger charge is 2.35. The molecule has 0 spiro atoms. The molecule has 0 saturated carbocycles. The molecule has 5 heterocycles. The van der Waals surface area contributed by atoms with E-state index >= 15 is 0 Å². The molecular weight excluding hydrogens is 420 g/mol. The highest BCUT2D eigenvalue weighted by molar-refractivity contribution is 7.19. The minimum atomic E-state index is -0.636. The van der Waals surface area contributed by atoms with Gasteiger partial charge in [-0.25, -0.2) is 9.50 Å². The Labute approximate surface area is 192 Å². The molecule has 0 aliphatic carbocycles. The van der Waals surface area contributed by atoms with E-state index in [1.807, 2.05) is 10.7 Å². The van der Waals surface area contributed by atoms with Crippen LogP contribution in [-0.2, 0) is 0 Å². The summed E-state index contributed by atoms with van der Waals surface area (Å²) in [5, 5.41) is 15.5. The third kappa shape index (κ3) is 3.65. The molecular formula is C24H32N6OS. The zero-order valence-electron chi connectivity index (χ0n) is 19.4. The van der Waals surface area contributed by atoms with Crippen LogP contribution in [0.15, 0.2) is 24.7 Å². The number of hydrogen-bond donors (Lipinski definition) is 3. The fraction of sp³-hybridized carbons (Fsp3) is 0.500. The normalized spacial score (nSPS) is 20.6. The van der Waals surface area contributed by atoms with E-state index < -0.39 is 6.23 Å². The summed E-state index contributed by atoms with van der Waals surface area (Å²) in [6.45, 7) is 12.5. The van der Waals surface area contributed by atoms with Gasteiger partial charge in [-0.1, -0.05) is 27.7 Å². The number of nitrogens with two attached hydrogens (primary N) is 1. The number of H-pyrrole nitrogens is 1. The molecule has 1 unspecified atom stereocenters. The van der Waals surface area contributed by atoms with Gasteiger partial charge in [0.1, 0.15) is 12.6 Å². The highest BCUT2D eigenvalue weighted by atomic mass is 32.1. The van der Waals surface area contributed by atoms with Gasteiger partial charge in [0.15, 0.2) is 5.65 Å². The maximum Gasteiger partial charge on any atom is 0.158 e. The second-order valence-corrected chi connectivity index (χ2v) is 11.4. The fourth-order valence-corrected chi connectivity index (χ4v) is 6.61. The molecule has 0 radical (unpaired) electrons. The molecule has 170 valence electrons. The average Bonchev–Trinajstić information content (AvgIpc) is 3.39. The van der Waals surface area contributed by atoms with Crippen LogP contribution in [0.25, 0.3) is 27.1 Å².